The number of rotatable bonds is 3. The lowest BCUT2D eigenvalue weighted by Gasteiger charge is -2.26. The standard InChI is InChI=1S/C14H17N3O/c1-17-13-6-4-10(12(16)3-2-8-15)9-11(13)5-7-14(17)18/h4,6,9,12H,2-3,5,7,16H2,1H3. The molecular formula is C14H17N3O. The second-order valence-electron chi connectivity index (χ2n) is 4.64. The Morgan fingerprint density at radius 2 is 2.28 bits per heavy atom. The number of fused-ring (bicyclic) bond motifs is 1. The van der Waals surface area contributed by atoms with Gasteiger partial charge in [-0.2, -0.15) is 5.26 Å². The fraction of sp³-hybridized carbons (Fsp3) is 0.429. The minimum absolute atomic E-state index is 0.0992. The molecule has 1 unspecified atom stereocenters. The number of benzene rings is 1. The van der Waals surface area contributed by atoms with E-state index in [1.165, 1.54) is 5.56 Å². The summed E-state index contributed by atoms with van der Waals surface area (Å²) < 4.78 is 0. The Labute approximate surface area is 107 Å². The molecule has 2 rings (SSSR count). The van der Waals surface area contributed by atoms with E-state index in [1.54, 1.807) is 11.9 Å². The smallest absolute Gasteiger partial charge is 0.227 e. The van der Waals surface area contributed by atoms with Gasteiger partial charge in [-0.1, -0.05) is 12.1 Å². The van der Waals surface area contributed by atoms with Crippen LogP contribution in [-0.4, -0.2) is 13.0 Å². The molecule has 0 bridgehead atoms. The lowest BCUT2D eigenvalue weighted by molar-refractivity contribution is -0.118. The maximum absolute atomic E-state index is 11.6. The number of nitriles is 1. The highest BCUT2D eigenvalue weighted by atomic mass is 16.2. The zero-order chi connectivity index (χ0) is 13.1. The molecule has 0 aromatic heterocycles. The first-order chi connectivity index (χ1) is 8.63. The van der Waals surface area contributed by atoms with Crippen molar-refractivity contribution < 1.29 is 4.79 Å². The molecule has 0 aliphatic carbocycles. The zero-order valence-electron chi connectivity index (χ0n) is 10.5. The molecule has 0 saturated heterocycles. The van der Waals surface area contributed by atoms with Crippen molar-refractivity contribution in [3.05, 3.63) is 29.3 Å². The van der Waals surface area contributed by atoms with E-state index in [0.29, 0.717) is 19.3 Å². The van der Waals surface area contributed by atoms with E-state index in [4.69, 9.17) is 11.0 Å². The van der Waals surface area contributed by atoms with Gasteiger partial charge in [0, 0.05) is 31.6 Å². The minimum Gasteiger partial charge on any atom is -0.324 e. The maximum atomic E-state index is 11.6. The summed E-state index contributed by atoms with van der Waals surface area (Å²) in [6, 6.07) is 7.99. The van der Waals surface area contributed by atoms with Crippen molar-refractivity contribution in [2.24, 2.45) is 5.73 Å². The van der Waals surface area contributed by atoms with Crippen LogP contribution in [0.5, 0.6) is 0 Å². The highest BCUT2D eigenvalue weighted by Gasteiger charge is 2.21. The molecule has 0 spiro atoms. The van der Waals surface area contributed by atoms with E-state index in [0.717, 1.165) is 17.7 Å². The summed E-state index contributed by atoms with van der Waals surface area (Å²) in [4.78, 5) is 13.3. The van der Waals surface area contributed by atoms with Crippen LogP contribution < -0.4 is 10.6 Å². The molecule has 0 radical (unpaired) electrons. The van der Waals surface area contributed by atoms with Crippen LogP contribution in [0.4, 0.5) is 5.69 Å². The Balaban J connectivity index is 2.23. The topological polar surface area (TPSA) is 70.1 Å². The minimum atomic E-state index is -0.0992. The van der Waals surface area contributed by atoms with Crippen molar-refractivity contribution in [3.8, 4) is 6.07 Å². The fourth-order valence-electron chi connectivity index (χ4n) is 2.29. The number of hydrogen-bond acceptors (Lipinski definition) is 3. The van der Waals surface area contributed by atoms with E-state index in [2.05, 4.69) is 12.1 Å². The summed E-state index contributed by atoms with van der Waals surface area (Å²) in [5.74, 6) is 0.157. The van der Waals surface area contributed by atoms with E-state index in [1.807, 2.05) is 12.1 Å². The number of nitrogens with two attached hydrogens (primary N) is 1. The quantitative estimate of drug-likeness (QED) is 0.881. The van der Waals surface area contributed by atoms with Crippen LogP contribution in [0, 0.1) is 11.3 Å². The molecular weight excluding hydrogens is 226 g/mol. The SMILES string of the molecule is CN1C(=O)CCc2cc(C(N)CCC#N)ccc21. The fourth-order valence-corrected chi connectivity index (χ4v) is 2.29. The number of amides is 1. The van der Waals surface area contributed by atoms with Crippen molar-refractivity contribution >= 4 is 11.6 Å². The predicted molar refractivity (Wildman–Crippen MR) is 69.9 cm³/mol. The van der Waals surface area contributed by atoms with Gasteiger partial charge in [0.2, 0.25) is 5.91 Å². The van der Waals surface area contributed by atoms with Crippen LogP contribution in [0.2, 0.25) is 0 Å². The van der Waals surface area contributed by atoms with Gasteiger partial charge >= 0.3 is 0 Å². The molecule has 1 atom stereocenters. The van der Waals surface area contributed by atoms with Gasteiger partial charge in [-0.15, -0.1) is 0 Å². The van der Waals surface area contributed by atoms with Crippen LogP contribution in [0.3, 0.4) is 0 Å². The van der Waals surface area contributed by atoms with Crippen LogP contribution in [0.25, 0.3) is 0 Å². The maximum Gasteiger partial charge on any atom is 0.227 e. The highest BCUT2D eigenvalue weighted by Crippen LogP contribution is 2.29. The zero-order valence-corrected chi connectivity index (χ0v) is 10.5. The van der Waals surface area contributed by atoms with Crippen LogP contribution in [0.15, 0.2) is 18.2 Å². The van der Waals surface area contributed by atoms with E-state index in [9.17, 15) is 4.79 Å². The molecule has 4 nitrogen and oxygen atoms in total. The average Bonchev–Trinajstić information content (AvgIpc) is 2.40. The largest absolute Gasteiger partial charge is 0.324 e. The lowest BCUT2D eigenvalue weighted by Crippen LogP contribution is -2.31. The summed E-state index contributed by atoms with van der Waals surface area (Å²) in [6.07, 6.45) is 2.47. The van der Waals surface area contributed by atoms with Crippen molar-refractivity contribution in [1.29, 1.82) is 5.26 Å². The summed E-state index contributed by atoms with van der Waals surface area (Å²) >= 11 is 0. The molecule has 2 N–H and O–H groups in total. The van der Waals surface area contributed by atoms with Gasteiger partial charge in [0.05, 0.1) is 6.07 Å². The van der Waals surface area contributed by atoms with Crippen LogP contribution in [0.1, 0.15) is 36.4 Å². The van der Waals surface area contributed by atoms with Crippen molar-refractivity contribution in [1.82, 2.24) is 0 Å². The number of anilines is 1. The first-order valence-corrected chi connectivity index (χ1v) is 6.15. The van der Waals surface area contributed by atoms with E-state index >= 15 is 0 Å². The van der Waals surface area contributed by atoms with Gasteiger partial charge in [-0.25, -0.2) is 0 Å². The third-order valence-electron chi connectivity index (χ3n) is 3.44. The third-order valence-corrected chi connectivity index (χ3v) is 3.44. The lowest BCUT2D eigenvalue weighted by atomic mass is 9.95. The van der Waals surface area contributed by atoms with Gasteiger partial charge in [0.25, 0.3) is 0 Å². The summed E-state index contributed by atoms with van der Waals surface area (Å²) in [6.45, 7) is 0. The Kier molecular flexibility index (Phi) is 3.63. The Morgan fingerprint density at radius 3 is 3.00 bits per heavy atom. The molecule has 1 aliphatic rings. The van der Waals surface area contributed by atoms with Crippen molar-refractivity contribution in [2.75, 3.05) is 11.9 Å². The Morgan fingerprint density at radius 1 is 1.50 bits per heavy atom. The molecule has 0 saturated carbocycles. The number of carbonyl (C=O) groups is 1. The monoisotopic (exact) mass is 243 g/mol. The second kappa shape index (κ2) is 5.19. The van der Waals surface area contributed by atoms with Gasteiger partial charge in [0.15, 0.2) is 0 Å². The van der Waals surface area contributed by atoms with Gasteiger partial charge in [-0.05, 0) is 30.0 Å². The van der Waals surface area contributed by atoms with Gasteiger partial charge < -0.3 is 10.6 Å². The van der Waals surface area contributed by atoms with Gasteiger partial charge in [-0.3, -0.25) is 4.79 Å². The number of aryl methyl sites for hydroxylation is 1. The molecule has 1 heterocycles. The number of hydrogen-bond donors (Lipinski definition) is 1. The molecule has 1 aromatic rings. The molecule has 1 aromatic carbocycles. The van der Waals surface area contributed by atoms with Crippen molar-refractivity contribution in [2.45, 2.75) is 31.7 Å². The van der Waals surface area contributed by atoms with Crippen LogP contribution in [-0.2, 0) is 11.2 Å². The second-order valence-corrected chi connectivity index (χ2v) is 4.64. The first kappa shape index (κ1) is 12.6. The molecule has 94 valence electrons. The Bertz CT molecular complexity index is 504. The van der Waals surface area contributed by atoms with Crippen molar-refractivity contribution in [3.63, 3.8) is 0 Å². The molecule has 18 heavy (non-hydrogen) atoms. The van der Waals surface area contributed by atoms with E-state index in [-0.39, 0.29) is 11.9 Å². The summed E-state index contributed by atoms with van der Waals surface area (Å²) in [5, 5.41) is 8.57. The number of carbonyl (C=O) groups excluding carboxylic acids is 1. The Hall–Kier alpha value is -1.86. The normalized spacial score (nSPS) is 16.1. The first-order valence-electron chi connectivity index (χ1n) is 6.15. The predicted octanol–water partition coefficient (Wildman–Crippen LogP) is 1.90. The van der Waals surface area contributed by atoms with Crippen LogP contribution >= 0.6 is 0 Å². The van der Waals surface area contributed by atoms with Gasteiger partial charge in [0.1, 0.15) is 0 Å². The molecule has 4 heteroatoms. The highest BCUT2D eigenvalue weighted by molar-refractivity contribution is 5.95. The third kappa shape index (κ3) is 2.36. The average molecular weight is 243 g/mol. The molecule has 1 amide bonds. The number of nitrogens with zero attached hydrogens (tertiary/aromatic N) is 2. The van der Waals surface area contributed by atoms with E-state index < -0.39 is 0 Å². The molecule has 1 aliphatic heterocycles. The summed E-state index contributed by atoms with van der Waals surface area (Å²) in [7, 11) is 1.80. The summed E-state index contributed by atoms with van der Waals surface area (Å²) in [5.41, 5.74) is 9.24. The molecule has 0 fully saturated rings.